The van der Waals surface area contributed by atoms with Gasteiger partial charge in [0, 0.05) is 19.3 Å². The molecule has 0 spiro atoms. The summed E-state index contributed by atoms with van der Waals surface area (Å²) in [5.41, 5.74) is 1.66. The molecule has 0 aliphatic heterocycles. The number of hydrogen-bond donors (Lipinski definition) is 2. The molecule has 2 aromatic rings. The van der Waals surface area contributed by atoms with Crippen LogP contribution >= 0.6 is 0 Å². The second-order valence-electron chi connectivity index (χ2n) is 4.38. The molecule has 0 aliphatic carbocycles. The van der Waals surface area contributed by atoms with Crippen LogP contribution < -0.4 is 5.32 Å². The van der Waals surface area contributed by atoms with Gasteiger partial charge in [-0.3, -0.25) is 4.79 Å². The zero-order chi connectivity index (χ0) is 13.7. The van der Waals surface area contributed by atoms with Gasteiger partial charge in [0.15, 0.2) is 0 Å². The van der Waals surface area contributed by atoms with Gasteiger partial charge in [-0.2, -0.15) is 0 Å². The second-order valence-corrected chi connectivity index (χ2v) is 4.38. The standard InChI is InChI=1S/C13H17N3O3/c1-9-11-7-10(8-15-13(11)19-16-9)12(18)14-5-3-2-4-6-17/h7-8,17H,2-6H2,1H3,(H,14,18). The lowest BCUT2D eigenvalue weighted by Gasteiger charge is -2.04. The van der Waals surface area contributed by atoms with Crippen molar-refractivity contribution in [1.82, 2.24) is 15.5 Å². The molecule has 0 atom stereocenters. The molecule has 0 saturated carbocycles. The van der Waals surface area contributed by atoms with Crippen molar-refractivity contribution in [2.45, 2.75) is 26.2 Å². The van der Waals surface area contributed by atoms with Crippen LogP contribution in [0, 0.1) is 6.92 Å². The number of fused-ring (bicyclic) bond motifs is 1. The van der Waals surface area contributed by atoms with Crippen molar-refractivity contribution in [1.29, 1.82) is 0 Å². The highest BCUT2D eigenvalue weighted by Gasteiger charge is 2.10. The molecule has 1 amide bonds. The number of carbonyl (C=O) groups is 1. The van der Waals surface area contributed by atoms with E-state index in [9.17, 15) is 4.79 Å². The van der Waals surface area contributed by atoms with E-state index in [4.69, 9.17) is 9.63 Å². The highest BCUT2D eigenvalue weighted by Crippen LogP contribution is 2.16. The van der Waals surface area contributed by atoms with Crippen LogP contribution in [0.15, 0.2) is 16.8 Å². The lowest BCUT2D eigenvalue weighted by atomic mass is 10.2. The monoisotopic (exact) mass is 263 g/mol. The minimum atomic E-state index is -0.154. The van der Waals surface area contributed by atoms with Crippen molar-refractivity contribution < 1.29 is 14.4 Å². The van der Waals surface area contributed by atoms with Gasteiger partial charge < -0.3 is 14.9 Å². The van der Waals surface area contributed by atoms with Crippen LogP contribution in [0.3, 0.4) is 0 Å². The van der Waals surface area contributed by atoms with E-state index in [1.165, 1.54) is 6.20 Å². The van der Waals surface area contributed by atoms with Gasteiger partial charge in [0.25, 0.3) is 11.6 Å². The maximum absolute atomic E-state index is 11.9. The number of unbranched alkanes of at least 4 members (excludes halogenated alkanes) is 2. The van der Waals surface area contributed by atoms with Crippen LogP contribution in [0.1, 0.15) is 35.3 Å². The van der Waals surface area contributed by atoms with E-state index in [0.717, 1.165) is 30.3 Å². The summed E-state index contributed by atoms with van der Waals surface area (Å²) in [7, 11) is 0. The van der Waals surface area contributed by atoms with E-state index in [0.29, 0.717) is 17.8 Å². The Labute approximate surface area is 110 Å². The van der Waals surface area contributed by atoms with Gasteiger partial charge in [0.2, 0.25) is 0 Å². The first-order chi connectivity index (χ1) is 9.22. The number of aryl methyl sites for hydroxylation is 1. The number of pyridine rings is 1. The van der Waals surface area contributed by atoms with E-state index in [1.54, 1.807) is 6.07 Å². The van der Waals surface area contributed by atoms with Crippen LogP contribution in [0.2, 0.25) is 0 Å². The van der Waals surface area contributed by atoms with Gasteiger partial charge in [-0.1, -0.05) is 5.16 Å². The summed E-state index contributed by atoms with van der Waals surface area (Å²) in [6.45, 7) is 2.60. The smallest absolute Gasteiger partial charge is 0.257 e. The van der Waals surface area contributed by atoms with Crippen molar-refractivity contribution >= 4 is 17.0 Å². The summed E-state index contributed by atoms with van der Waals surface area (Å²) in [5.74, 6) is -0.154. The molecule has 2 aromatic heterocycles. The summed E-state index contributed by atoms with van der Waals surface area (Å²) in [6, 6.07) is 1.73. The highest BCUT2D eigenvalue weighted by atomic mass is 16.5. The Kier molecular flexibility index (Phi) is 4.46. The lowest BCUT2D eigenvalue weighted by Crippen LogP contribution is -2.24. The number of aliphatic hydroxyl groups excluding tert-OH is 1. The Hall–Kier alpha value is -1.95. The first kappa shape index (κ1) is 13.5. The van der Waals surface area contributed by atoms with Crippen molar-refractivity contribution in [2.75, 3.05) is 13.2 Å². The molecular weight excluding hydrogens is 246 g/mol. The first-order valence-corrected chi connectivity index (χ1v) is 6.33. The van der Waals surface area contributed by atoms with Gasteiger partial charge in [0.05, 0.1) is 16.6 Å². The fourth-order valence-electron chi connectivity index (χ4n) is 1.79. The zero-order valence-electron chi connectivity index (χ0n) is 10.8. The third kappa shape index (κ3) is 3.29. The minimum absolute atomic E-state index is 0.154. The van der Waals surface area contributed by atoms with Crippen molar-refractivity contribution in [3.05, 3.63) is 23.5 Å². The predicted molar refractivity (Wildman–Crippen MR) is 69.8 cm³/mol. The Bertz CT molecular complexity index is 565. The summed E-state index contributed by atoms with van der Waals surface area (Å²) in [6.07, 6.45) is 4.01. The van der Waals surface area contributed by atoms with Crippen LogP contribution in [-0.2, 0) is 0 Å². The number of rotatable bonds is 6. The average molecular weight is 263 g/mol. The fourth-order valence-corrected chi connectivity index (χ4v) is 1.79. The third-order valence-corrected chi connectivity index (χ3v) is 2.89. The molecule has 2 heterocycles. The van der Waals surface area contributed by atoms with Gasteiger partial charge in [-0.05, 0) is 32.3 Å². The summed E-state index contributed by atoms with van der Waals surface area (Å²) < 4.78 is 4.99. The van der Waals surface area contributed by atoms with Gasteiger partial charge in [-0.25, -0.2) is 4.98 Å². The molecule has 6 nitrogen and oxygen atoms in total. The quantitative estimate of drug-likeness (QED) is 0.769. The summed E-state index contributed by atoms with van der Waals surface area (Å²) >= 11 is 0. The number of aromatic nitrogens is 2. The number of amides is 1. The van der Waals surface area contributed by atoms with Crippen molar-refractivity contribution in [3.8, 4) is 0 Å². The van der Waals surface area contributed by atoms with Gasteiger partial charge in [-0.15, -0.1) is 0 Å². The van der Waals surface area contributed by atoms with E-state index < -0.39 is 0 Å². The van der Waals surface area contributed by atoms with E-state index in [1.807, 2.05) is 6.92 Å². The lowest BCUT2D eigenvalue weighted by molar-refractivity contribution is 0.0952. The predicted octanol–water partition coefficient (Wildman–Crippen LogP) is 1.42. The molecule has 102 valence electrons. The molecule has 0 radical (unpaired) electrons. The number of hydrogen-bond acceptors (Lipinski definition) is 5. The number of nitrogens with one attached hydrogen (secondary N) is 1. The second kappa shape index (κ2) is 6.29. The fraction of sp³-hybridized carbons (Fsp3) is 0.462. The highest BCUT2D eigenvalue weighted by molar-refractivity contribution is 5.96. The Morgan fingerprint density at radius 2 is 2.26 bits per heavy atom. The molecule has 6 heteroatoms. The topological polar surface area (TPSA) is 88.2 Å². The minimum Gasteiger partial charge on any atom is -0.396 e. The van der Waals surface area contributed by atoms with E-state index in [2.05, 4.69) is 15.5 Å². The summed E-state index contributed by atoms with van der Waals surface area (Å²) in [4.78, 5) is 16.0. The molecule has 19 heavy (non-hydrogen) atoms. The normalized spacial score (nSPS) is 10.8. The molecule has 0 unspecified atom stereocenters. The molecular formula is C13H17N3O3. The maximum atomic E-state index is 11.9. The van der Waals surface area contributed by atoms with Crippen molar-refractivity contribution in [2.24, 2.45) is 0 Å². The van der Waals surface area contributed by atoms with Crippen LogP contribution in [0.25, 0.3) is 11.1 Å². The number of aliphatic hydroxyl groups is 1. The summed E-state index contributed by atoms with van der Waals surface area (Å²) in [5, 5.41) is 16.0. The number of nitrogens with zero attached hydrogens (tertiary/aromatic N) is 2. The molecule has 2 rings (SSSR count). The van der Waals surface area contributed by atoms with Crippen molar-refractivity contribution in [3.63, 3.8) is 0 Å². The van der Waals surface area contributed by atoms with Crippen LogP contribution in [0.5, 0.6) is 0 Å². The SMILES string of the molecule is Cc1noc2ncc(C(=O)NCCCCCO)cc12. The average Bonchev–Trinajstić information content (AvgIpc) is 2.79. The zero-order valence-corrected chi connectivity index (χ0v) is 10.8. The largest absolute Gasteiger partial charge is 0.396 e. The third-order valence-electron chi connectivity index (χ3n) is 2.89. The molecule has 0 aromatic carbocycles. The molecule has 0 saturated heterocycles. The molecule has 2 N–H and O–H groups in total. The molecule has 0 fully saturated rings. The van der Waals surface area contributed by atoms with Crippen LogP contribution in [-0.4, -0.2) is 34.3 Å². The Morgan fingerprint density at radius 1 is 1.42 bits per heavy atom. The Morgan fingerprint density at radius 3 is 3.05 bits per heavy atom. The Balaban J connectivity index is 1.95. The van der Waals surface area contributed by atoms with E-state index in [-0.39, 0.29) is 12.5 Å². The van der Waals surface area contributed by atoms with E-state index >= 15 is 0 Å². The van der Waals surface area contributed by atoms with Gasteiger partial charge in [0.1, 0.15) is 0 Å². The first-order valence-electron chi connectivity index (χ1n) is 6.33. The maximum Gasteiger partial charge on any atom is 0.257 e. The molecule has 0 bridgehead atoms. The van der Waals surface area contributed by atoms with Crippen LogP contribution in [0.4, 0.5) is 0 Å². The van der Waals surface area contributed by atoms with Gasteiger partial charge >= 0.3 is 0 Å². The molecule has 0 aliphatic rings. The number of carbonyl (C=O) groups excluding carboxylic acids is 1.